The molecular weight excluding hydrogens is 244 g/mol. The third-order valence-electron chi connectivity index (χ3n) is 3.07. The molecule has 2 N–H and O–H groups in total. The zero-order chi connectivity index (χ0) is 12.3. The van der Waals surface area contributed by atoms with E-state index in [2.05, 4.69) is 4.90 Å². The van der Waals surface area contributed by atoms with Crippen molar-refractivity contribution < 1.29 is 8.42 Å². The molecule has 6 heteroatoms. The number of nitrogens with two attached hydrogens (primary N) is 1. The van der Waals surface area contributed by atoms with Crippen LogP contribution in [-0.4, -0.2) is 48.4 Å². The summed E-state index contributed by atoms with van der Waals surface area (Å²) >= 11 is 4.98. The van der Waals surface area contributed by atoms with Gasteiger partial charge in [-0.2, -0.15) is 0 Å². The van der Waals surface area contributed by atoms with E-state index in [0.29, 0.717) is 11.5 Å². The second-order valence-electron chi connectivity index (χ2n) is 4.51. The summed E-state index contributed by atoms with van der Waals surface area (Å²) in [7, 11) is -2.96. The molecule has 1 saturated heterocycles. The van der Waals surface area contributed by atoms with Crippen LogP contribution in [0.3, 0.4) is 0 Å². The van der Waals surface area contributed by atoms with E-state index in [1.165, 1.54) is 0 Å². The molecule has 94 valence electrons. The van der Waals surface area contributed by atoms with Gasteiger partial charge < -0.3 is 5.73 Å². The van der Waals surface area contributed by atoms with Crippen LogP contribution >= 0.6 is 12.2 Å². The molecule has 1 aliphatic rings. The predicted molar refractivity (Wildman–Crippen MR) is 70.3 cm³/mol. The third kappa shape index (κ3) is 3.40. The summed E-state index contributed by atoms with van der Waals surface area (Å²) in [5.74, 6) is 0.198. The highest BCUT2D eigenvalue weighted by Crippen LogP contribution is 2.17. The summed E-state index contributed by atoms with van der Waals surface area (Å²) in [4.78, 5) is 2.57. The maximum atomic E-state index is 11.7. The van der Waals surface area contributed by atoms with Gasteiger partial charge in [0, 0.05) is 6.54 Å². The molecule has 1 unspecified atom stereocenters. The summed E-state index contributed by atoms with van der Waals surface area (Å²) in [5, 5.41) is -0.307. The number of hydrogen-bond acceptors (Lipinski definition) is 4. The van der Waals surface area contributed by atoms with Crippen LogP contribution in [-0.2, 0) is 9.84 Å². The largest absolute Gasteiger partial charge is 0.392 e. The van der Waals surface area contributed by atoms with Gasteiger partial charge in [-0.05, 0) is 33.2 Å². The van der Waals surface area contributed by atoms with Crippen LogP contribution in [0.5, 0.6) is 0 Å². The van der Waals surface area contributed by atoms with Gasteiger partial charge in [-0.25, -0.2) is 8.42 Å². The molecule has 0 aromatic rings. The van der Waals surface area contributed by atoms with Gasteiger partial charge in [-0.3, -0.25) is 4.90 Å². The Morgan fingerprint density at radius 3 is 2.69 bits per heavy atom. The molecule has 1 heterocycles. The van der Waals surface area contributed by atoms with Crippen LogP contribution in [0.15, 0.2) is 0 Å². The zero-order valence-corrected chi connectivity index (χ0v) is 11.5. The van der Waals surface area contributed by atoms with Crippen molar-refractivity contribution in [2.24, 2.45) is 5.73 Å². The molecule has 16 heavy (non-hydrogen) atoms. The lowest BCUT2D eigenvalue weighted by Crippen LogP contribution is -2.41. The number of hydrogen-bond donors (Lipinski definition) is 1. The van der Waals surface area contributed by atoms with Crippen molar-refractivity contribution in [2.75, 3.05) is 18.8 Å². The van der Waals surface area contributed by atoms with Crippen LogP contribution in [0.25, 0.3) is 0 Å². The molecule has 0 aliphatic carbocycles. The van der Waals surface area contributed by atoms with E-state index in [1.807, 2.05) is 0 Å². The quantitative estimate of drug-likeness (QED) is 0.735. The van der Waals surface area contributed by atoms with Crippen LogP contribution in [0.4, 0.5) is 0 Å². The molecule has 0 aromatic heterocycles. The van der Waals surface area contributed by atoms with E-state index >= 15 is 0 Å². The average molecular weight is 264 g/mol. The van der Waals surface area contributed by atoms with E-state index in [1.54, 1.807) is 13.8 Å². The predicted octanol–water partition coefficient (Wildman–Crippen LogP) is 0.560. The Morgan fingerprint density at radius 2 is 2.19 bits per heavy atom. The fraction of sp³-hybridized carbons (Fsp3) is 0.900. The van der Waals surface area contributed by atoms with Gasteiger partial charge in [-0.1, -0.05) is 12.2 Å². The highest BCUT2D eigenvalue weighted by molar-refractivity contribution is 7.92. The van der Waals surface area contributed by atoms with E-state index < -0.39 is 9.84 Å². The number of sulfone groups is 1. The number of nitrogens with zero attached hydrogens (tertiary/aromatic N) is 1. The van der Waals surface area contributed by atoms with E-state index in [0.717, 1.165) is 19.4 Å². The fourth-order valence-corrected chi connectivity index (χ4v) is 3.12. The third-order valence-corrected chi connectivity index (χ3v) is 5.53. The Labute approximate surface area is 103 Å². The van der Waals surface area contributed by atoms with Gasteiger partial charge in [0.15, 0.2) is 9.84 Å². The number of rotatable bonds is 5. The maximum Gasteiger partial charge on any atom is 0.153 e. The van der Waals surface area contributed by atoms with Gasteiger partial charge in [0.05, 0.1) is 22.0 Å². The van der Waals surface area contributed by atoms with Gasteiger partial charge in [0.25, 0.3) is 0 Å². The van der Waals surface area contributed by atoms with E-state index in [9.17, 15) is 8.42 Å². The summed E-state index contributed by atoms with van der Waals surface area (Å²) in [6.45, 7) is 4.87. The first-order chi connectivity index (χ1) is 7.34. The van der Waals surface area contributed by atoms with Gasteiger partial charge in [-0.15, -0.1) is 0 Å². The molecule has 1 atom stereocenters. The van der Waals surface area contributed by atoms with Crippen molar-refractivity contribution >= 4 is 27.0 Å². The molecule has 1 aliphatic heterocycles. The Morgan fingerprint density at radius 1 is 1.56 bits per heavy atom. The standard InChI is InChI=1S/C10H20N2O2S2/c1-8(2)16(13,14)7-6-12-5-3-4-9(12)10(11)15/h8-9H,3-7H2,1-2H3,(H2,11,15). The Hall–Kier alpha value is -0.200. The second-order valence-corrected chi connectivity index (χ2v) is 7.66. The summed E-state index contributed by atoms with van der Waals surface area (Å²) in [5.41, 5.74) is 5.63. The van der Waals surface area contributed by atoms with Crippen molar-refractivity contribution in [3.63, 3.8) is 0 Å². The highest BCUT2D eigenvalue weighted by atomic mass is 32.2. The Bertz CT molecular complexity index is 352. The first kappa shape index (κ1) is 13.9. The SMILES string of the molecule is CC(C)S(=O)(=O)CCN1CCCC1C(N)=S. The van der Waals surface area contributed by atoms with Gasteiger partial charge in [0.2, 0.25) is 0 Å². The lowest BCUT2D eigenvalue weighted by Gasteiger charge is -2.23. The fourth-order valence-electron chi connectivity index (χ4n) is 1.90. The lowest BCUT2D eigenvalue weighted by molar-refractivity contribution is 0.321. The maximum absolute atomic E-state index is 11.7. The topological polar surface area (TPSA) is 63.4 Å². The Kier molecular flexibility index (Phi) is 4.70. The first-order valence-electron chi connectivity index (χ1n) is 5.59. The van der Waals surface area contributed by atoms with Crippen LogP contribution in [0.2, 0.25) is 0 Å². The van der Waals surface area contributed by atoms with Crippen molar-refractivity contribution in [1.82, 2.24) is 4.90 Å². The molecule has 1 rings (SSSR count). The van der Waals surface area contributed by atoms with Crippen LogP contribution < -0.4 is 5.73 Å². The van der Waals surface area contributed by atoms with Crippen LogP contribution in [0, 0.1) is 0 Å². The minimum Gasteiger partial charge on any atom is -0.392 e. The highest BCUT2D eigenvalue weighted by Gasteiger charge is 2.28. The second kappa shape index (κ2) is 5.42. The average Bonchev–Trinajstić information content (AvgIpc) is 2.62. The smallest absolute Gasteiger partial charge is 0.153 e. The molecule has 0 radical (unpaired) electrons. The molecular formula is C10H20N2O2S2. The van der Waals surface area contributed by atoms with E-state index in [4.69, 9.17) is 18.0 Å². The molecule has 0 saturated carbocycles. The number of likely N-dealkylation sites (tertiary alicyclic amines) is 1. The van der Waals surface area contributed by atoms with Crippen LogP contribution in [0.1, 0.15) is 26.7 Å². The first-order valence-corrected chi connectivity index (χ1v) is 7.72. The molecule has 0 aromatic carbocycles. The van der Waals surface area contributed by atoms with Gasteiger partial charge >= 0.3 is 0 Å². The Balaban J connectivity index is 2.53. The van der Waals surface area contributed by atoms with Crippen molar-refractivity contribution in [3.05, 3.63) is 0 Å². The van der Waals surface area contributed by atoms with E-state index in [-0.39, 0.29) is 17.0 Å². The normalized spacial score (nSPS) is 22.8. The molecule has 4 nitrogen and oxygen atoms in total. The minimum absolute atomic E-state index is 0.0948. The molecule has 0 amide bonds. The van der Waals surface area contributed by atoms with Crippen molar-refractivity contribution in [3.8, 4) is 0 Å². The number of thiocarbonyl (C=S) groups is 1. The summed E-state index contributed by atoms with van der Waals surface area (Å²) in [6, 6.07) is 0.0948. The lowest BCUT2D eigenvalue weighted by atomic mass is 10.2. The van der Waals surface area contributed by atoms with Crippen molar-refractivity contribution in [2.45, 2.75) is 38.0 Å². The summed E-state index contributed by atoms with van der Waals surface area (Å²) in [6.07, 6.45) is 2.00. The summed E-state index contributed by atoms with van der Waals surface area (Å²) < 4.78 is 23.3. The van der Waals surface area contributed by atoms with Crippen molar-refractivity contribution in [1.29, 1.82) is 0 Å². The zero-order valence-electron chi connectivity index (χ0n) is 9.85. The van der Waals surface area contributed by atoms with Gasteiger partial charge in [0.1, 0.15) is 0 Å². The minimum atomic E-state index is -2.96. The molecule has 1 fully saturated rings. The monoisotopic (exact) mass is 264 g/mol. The molecule has 0 spiro atoms. The molecule has 0 bridgehead atoms.